The second-order valence-corrected chi connectivity index (χ2v) is 14.7. The highest BCUT2D eigenvalue weighted by molar-refractivity contribution is 5.93. The summed E-state index contributed by atoms with van der Waals surface area (Å²) in [5.41, 5.74) is 11.8. The fourth-order valence-electron chi connectivity index (χ4n) is 7.57. The predicted molar refractivity (Wildman–Crippen MR) is 247 cm³/mol. The van der Waals surface area contributed by atoms with Crippen molar-refractivity contribution >= 4 is 0 Å². The van der Waals surface area contributed by atoms with E-state index < -0.39 is 0 Å². The van der Waals surface area contributed by atoms with Crippen LogP contribution in [0.4, 0.5) is 0 Å². The predicted octanol–water partition coefficient (Wildman–Crippen LogP) is 12.9. The Labute approximate surface area is 359 Å². The summed E-state index contributed by atoms with van der Waals surface area (Å²) >= 11 is 0. The lowest BCUT2D eigenvalue weighted by Crippen LogP contribution is -2.02. The standard InChI is InChI=1S/C55H35N7/c56-36-37-16-13-25-44(34-37)45-26-14-27-46(35-45)54-59-50(40-19-7-2-8-20-40)57-53(60-54)43-32-30-39(31-33-43)48-29-15-28-47(38-17-5-1-6-18-38)49(48)55-61-51(41-21-9-3-10-22-41)58-52(62-55)42-23-11-4-12-24-42/h1-35H. The molecule has 0 aliphatic carbocycles. The number of rotatable bonds is 9. The van der Waals surface area contributed by atoms with Crippen molar-refractivity contribution in [2.24, 2.45) is 0 Å². The third-order valence-electron chi connectivity index (χ3n) is 10.6. The van der Waals surface area contributed by atoms with Crippen LogP contribution in [0.3, 0.4) is 0 Å². The number of nitriles is 1. The highest BCUT2D eigenvalue weighted by Crippen LogP contribution is 2.40. The first kappa shape index (κ1) is 37.5. The molecule has 0 aliphatic heterocycles. The fourth-order valence-corrected chi connectivity index (χ4v) is 7.57. The van der Waals surface area contributed by atoms with Crippen LogP contribution in [0.1, 0.15) is 5.56 Å². The van der Waals surface area contributed by atoms with Crippen molar-refractivity contribution in [3.8, 4) is 108 Å². The van der Waals surface area contributed by atoms with E-state index in [9.17, 15) is 5.26 Å². The van der Waals surface area contributed by atoms with Gasteiger partial charge in [-0.1, -0.05) is 194 Å². The average molecular weight is 794 g/mol. The first-order valence-electron chi connectivity index (χ1n) is 20.3. The van der Waals surface area contributed by atoms with Crippen molar-refractivity contribution in [1.29, 1.82) is 5.26 Å². The molecule has 10 rings (SSSR count). The van der Waals surface area contributed by atoms with Gasteiger partial charge in [-0.2, -0.15) is 5.26 Å². The number of hydrogen-bond acceptors (Lipinski definition) is 7. The largest absolute Gasteiger partial charge is 0.208 e. The first-order chi connectivity index (χ1) is 30.7. The van der Waals surface area contributed by atoms with Gasteiger partial charge in [-0.3, -0.25) is 0 Å². The Kier molecular flexibility index (Phi) is 10.2. The van der Waals surface area contributed by atoms with Crippen LogP contribution < -0.4 is 0 Å². The van der Waals surface area contributed by atoms with E-state index in [1.165, 1.54) is 0 Å². The van der Waals surface area contributed by atoms with E-state index in [0.29, 0.717) is 40.5 Å². The molecule has 10 aromatic rings. The molecule has 2 aromatic heterocycles. The SMILES string of the molecule is N#Cc1cccc(-c2cccc(-c3nc(-c4ccccc4)nc(-c4ccc(-c5cccc(-c6ccccc6)c5-c5nc(-c6ccccc6)nc(-c6ccccc6)n5)cc4)n3)c2)c1. The lowest BCUT2D eigenvalue weighted by Gasteiger charge is -2.17. The summed E-state index contributed by atoms with van der Waals surface area (Å²) in [4.78, 5) is 30.4. The minimum absolute atomic E-state index is 0.548. The summed E-state index contributed by atoms with van der Waals surface area (Å²) in [7, 11) is 0. The molecule has 62 heavy (non-hydrogen) atoms. The number of benzene rings is 8. The first-order valence-corrected chi connectivity index (χ1v) is 20.3. The van der Waals surface area contributed by atoms with E-state index in [2.05, 4.69) is 66.7 Å². The molecular formula is C55H35N7. The van der Waals surface area contributed by atoms with Gasteiger partial charge in [-0.25, -0.2) is 29.9 Å². The van der Waals surface area contributed by atoms with E-state index in [1.54, 1.807) is 6.07 Å². The molecule has 0 atom stereocenters. The lowest BCUT2D eigenvalue weighted by atomic mass is 9.90. The molecule has 0 spiro atoms. The highest BCUT2D eigenvalue weighted by Gasteiger charge is 2.21. The van der Waals surface area contributed by atoms with Crippen LogP contribution in [0, 0.1) is 11.3 Å². The Bertz CT molecular complexity index is 3160. The second kappa shape index (κ2) is 16.9. The third kappa shape index (κ3) is 7.75. The number of hydrogen-bond donors (Lipinski definition) is 0. The average Bonchev–Trinajstić information content (AvgIpc) is 3.37. The van der Waals surface area contributed by atoms with Crippen LogP contribution in [-0.2, 0) is 0 Å². The van der Waals surface area contributed by atoms with E-state index in [1.807, 2.05) is 146 Å². The molecule has 0 unspecified atom stereocenters. The Morgan fingerprint density at radius 1 is 0.258 bits per heavy atom. The van der Waals surface area contributed by atoms with Gasteiger partial charge in [-0.15, -0.1) is 0 Å². The normalized spacial score (nSPS) is 10.9. The molecule has 290 valence electrons. The van der Waals surface area contributed by atoms with Gasteiger partial charge in [0, 0.05) is 33.4 Å². The molecule has 0 amide bonds. The zero-order chi connectivity index (χ0) is 41.7. The molecule has 0 saturated heterocycles. The van der Waals surface area contributed by atoms with Gasteiger partial charge in [-0.05, 0) is 51.6 Å². The zero-order valence-electron chi connectivity index (χ0n) is 33.3. The summed E-state index contributed by atoms with van der Waals surface area (Å²) in [5.74, 6) is 3.44. The minimum atomic E-state index is 0.548. The van der Waals surface area contributed by atoms with Crippen molar-refractivity contribution in [2.75, 3.05) is 0 Å². The molecule has 0 fully saturated rings. The van der Waals surface area contributed by atoms with E-state index in [-0.39, 0.29) is 0 Å². The topological polar surface area (TPSA) is 101 Å². The fraction of sp³-hybridized carbons (Fsp3) is 0. The Hall–Kier alpha value is -8.73. The molecular weight excluding hydrogens is 759 g/mol. The molecule has 7 heteroatoms. The Morgan fingerprint density at radius 2 is 0.581 bits per heavy atom. The molecule has 0 aliphatic rings. The Morgan fingerprint density at radius 3 is 1.06 bits per heavy atom. The number of aromatic nitrogens is 6. The van der Waals surface area contributed by atoms with Crippen molar-refractivity contribution in [3.05, 3.63) is 218 Å². The van der Waals surface area contributed by atoms with Gasteiger partial charge in [0.25, 0.3) is 0 Å². The molecule has 0 radical (unpaired) electrons. The van der Waals surface area contributed by atoms with Crippen LogP contribution in [0.15, 0.2) is 212 Å². The smallest absolute Gasteiger partial charge is 0.165 e. The molecule has 0 bridgehead atoms. The summed E-state index contributed by atoms with van der Waals surface area (Å²) in [6.45, 7) is 0. The van der Waals surface area contributed by atoms with Crippen molar-refractivity contribution in [1.82, 2.24) is 29.9 Å². The molecule has 0 saturated carbocycles. The molecule has 2 heterocycles. The summed E-state index contributed by atoms with van der Waals surface area (Å²) in [6, 6.07) is 73.0. The maximum atomic E-state index is 9.54. The highest BCUT2D eigenvalue weighted by atomic mass is 15.0. The van der Waals surface area contributed by atoms with Gasteiger partial charge in [0.2, 0.25) is 0 Å². The van der Waals surface area contributed by atoms with E-state index in [4.69, 9.17) is 29.9 Å². The van der Waals surface area contributed by atoms with Gasteiger partial charge < -0.3 is 0 Å². The molecule has 8 aromatic carbocycles. The van der Waals surface area contributed by atoms with E-state index in [0.717, 1.165) is 66.8 Å². The van der Waals surface area contributed by atoms with Gasteiger partial charge in [0.05, 0.1) is 11.6 Å². The second-order valence-electron chi connectivity index (χ2n) is 14.7. The number of nitrogens with zero attached hydrogens (tertiary/aromatic N) is 7. The van der Waals surface area contributed by atoms with E-state index >= 15 is 0 Å². The van der Waals surface area contributed by atoms with Crippen molar-refractivity contribution < 1.29 is 0 Å². The molecule has 0 N–H and O–H groups in total. The minimum Gasteiger partial charge on any atom is -0.208 e. The summed E-state index contributed by atoms with van der Waals surface area (Å²) in [6.07, 6.45) is 0. The third-order valence-corrected chi connectivity index (χ3v) is 10.6. The monoisotopic (exact) mass is 793 g/mol. The van der Waals surface area contributed by atoms with Crippen molar-refractivity contribution in [3.63, 3.8) is 0 Å². The zero-order valence-corrected chi connectivity index (χ0v) is 33.3. The maximum absolute atomic E-state index is 9.54. The van der Waals surface area contributed by atoms with Crippen molar-refractivity contribution in [2.45, 2.75) is 0 Å². The summed E-state index contributed by atoms with van der Waals surface area (Å²) in [5, 5.41) is 9.54. The maximum Gasteiger partial charge on any atom is 0.165 e. The van der Waals surface area contributed by atoms with Crippen LogP contribution in [0.2, 0.25) is 0 Å². The Balaban J connectivity index is 1.11. The van der Waals surface area contributed by atoms with Gasteiger partial charge >= 0.3 is 0 Å². The molecule has 7 nitrogen and oxygen atoms in total. The quantitative estimate of drug-likeness (QED) is 0.143. The van der Waals surface area contributed by atoms with Crippen LogP contribution in [0.5, 0.6) is 0 Å². The summed E-state index contributed by atoms with van der Waals surface area (Å²) < 4.78 is 0. The van der Waals surface area contributed by atoms with Gasteiger partial charge in [0.1, 0.15) is 0 Å². The lowest BCUT2D eigenvalue weighted by molar-refractivity contribution is 1.07. The van der Waals surface area contributed by atoms with Gasteiger partial charge in [0.15, 0.2) is 34.9 Å². The van der Waals surface area contributed by atoms with Crippen LogP contribution in [0.25, 0.3) is 102 Å². The van der Waals surface area contributed by atoms with Crippen LogP contribution >= 0.6 is 0 Å². The van der Waals surface area contributed by atoms with Crippen LogP contribution in [-0.4, -0.2) is 29.9 Å².